The zero-order valence-corrected chi connectivity index (χ0v) is 8.75. The minimum Gasteiger partial charge on any atom is -0.319 e. The summed E-state index contributed by atoms with van der Waals surface area (Å²) in [4.78, 5) is 0.978. The molecule has 3 heteroatoms. The van der Waals surface area contributed by atoms with Gasteiger partial charge in [-0.05, 0) is 44.0 Å². The summed E-state index contributed by atoms with van der Waals surface area (Å²) in [6, 6.07) is 5.41. The molecule has 0 saturated heterocycles. The van der Waals surface area contributed by atoms with E-state index in [4.69, 9.17) is 0 Å². The van der Waals surface area contributed by atoms with Crippen molar-refractivity contribution in [2.45, 2.75) is 11.3 Å². The predicted molar refractivity (Wildman–Crippen MR) is 55.8 cm³/mol. The van der Waals surface area contributed by atoms with Gasteiger partial charge in [0.2, 0.25) is 0 Å². The number of halogens is 1. The topological polar surface area (TPSA) is 12.0 Å². The van der Waals surface area contributed by atoms with E-state index >= 15 is 0 Å². The van der Waals surface area contributed by atoms with Gasteiger partial charge in [-0.25, -0.2) is 4.39 Å². The van der Waals surface area contributed by atoms with Gasteiger partial charge in [0.25, 0.3) is 0 Å². The third-order valence-corrected chi connectivity index (χ3v) is 2.63. The van der Waals surface area contributed by atoms with Crippen LogP contribution in [-0.4, -0.2) is 19.8 Å². The van der Waals surface area contributed by atoms with Crippen molar-refractivity contribution in [1.82, 2.24) is 5.32 Å². The zero-order chi connectivity index (χ0) is 9.68. The van der Waals surface area contributed by atoms with Crippen molar-refractivity contribution in [2.24, 2.45) is 0 Å². The van der Waals surface area contributed by atoms with E-state index in [1.54, 1.807) is 17.8 Å². The van der Waals surface area contributed by atoms with Gasteiger partial charge < -0.3 is 5.32 Å². The summed E-state index contributed by atoms with van der Waals surface area (Å²) in [5.74, 6) is -0.0953. The molecule has 0 atom stereocenters. The highest BCUT2D eigenvalue weighted by Crippen LogP contribution is 2.18. The van der Waals surface area contributed by atoms with E-state index in [2.05, 4.69) is 5.32 Å². The molecule has 0 saturated carbocycles. The average Bonchev–Trinajstić information content (AvgIpc) is 2.16. The fraction of sp³-hybridized carbons (Fsp3) is 0.400. The number of hydrogen-bond acceptors (Lipinski definition) is 2. The lowest BCUT2D eigenvalue weighted by Gasteiger charge is -2.03. The third kappa shape index (κ3) is 3.01. The van der Waals surface area contributed by atoms with Gasteiger partial charge >= 0.3 is 0 Å². The smallest absolute Gasteiger partial charge is 0.127 e. The number of rotatable bonds is 4. The summed E-state index contributed by atoms with van der Waals surface area (Å²) in [5, 5.41) is 3.00. The monoisotopic (exact) mass is 199 g/mol. The molecule has 0 fully saturated rings. The first-order valence-electron chi connectivity index (χ1n) is 4.25. The van der Waals surface area contributed by atoms with E-state index in [-0.39, 0.29) is 5.82 Å². The fourth-order valence-corrected chi connectivity index (χ4v) is 1.54. The Morgan fingerprint density at radius 2 is 2.23 bits per heavy atom. The van der Waals surface area contributed by atoms with Crippen molar-refractivity contribution < 1.29 is 4.39 Å². The number of nitrogens with one attached hydrogen (secondary N) is 1. The molecule has 0 aromatic heterocycles. The summed E-state index contributed by atoms with van der Waals surface area (Å²) >= 11 is 1.56. The van der Waals surface area contributed by atoms with Crippen LogP contribution in [0, 0.1) is 5.82 Å². The van der Waals surface area contributed by atoms with Gasteiger partial charge in [-0.15, -0.1) is 11.8 Å². The maximum absolute atomic E-state index is 13.3. The molecule has 1 aromatic rings. The molecule has 0 heterocycles. The zero-order valence-electron chi connectivity index (χ0n) is 7.93. The molecule has 0 radical (unpaired) electrons. The van der Waals surface area contributed by atoms with Gasteiger partial charge in [0, 0.05) is 4.90 Å². The van der Waals surface area contributed by atoms with Crippen molar-refractivity contribution in [3.8, 4) is 0 Å². The lowest BCUT2D eigenvalue weighted by Crippen LogP contribution is -2.11. The van der Waals surface area contributed by atoms with Gasteiger partial charge in [0.1, 0.15) is 5.82 Å². The molecular weight excluding hydrogens is 185 g/mol. The van der Waals surface area contributed by atoms with Gasteiger partial charge in [-0.1, -0.05) is 6.07 Å². The fourth-order valence-electron chi connectivity index (χ4n) is 1.12. The number of hydrogen-bond donors (Lipinski definition) is 1. The normalized spacial score (nSPS) is 10.4. The highest BCUT2D eigenvalue weighted by atomic mass is 32.2. The number of benzene rings is 1. The van der Waals surface area contributed by atoms with Crippen LogP contribution in [0.1, 0.15) is 5.56 Å². The first-order valence-corrected chi connectivity index (χ1v) is 5.47. The molecule has 0 aliphatic heterocycles. The predicted octanol–water partition coefficient (Wildman–Crippen LogP) is 2.31. The van der Waals surface area contributed by atoms with Crippen molar-refractivity contribution >= 4 is 11.8 Å². The van der Waals surface area contributed by atoms with E-state index < -0.39 is 0 Å². The van der Waals surface area contributed by atoms with Crippen LogP contribution in [0.4, 0.5) is 4.39 Å². The Hall–Kier alpha value is -0.540. The molecule has 13 heavy (non-hydrogen) atoms. The quantitative estimate of drug-likeness (QED) is 0.747. The minimum atomic E-state index is -0.0953. The Morgan fingerprint density at radius 1 is 1.46 bits per heavy atom. The Balaban J connectivity index is 2.73. The van der Waals surface area contributed by atoms with E-state index in [0.29, 0.717) is 0 Å². The molecule has 0 spiro atoms. The Kier molecular flexibility index (Phi) is 4.25. The second-order valence-electron chi connectivity index (χ2n) is 2.81. The highest BCUT2D eigenvalue weighted by molar-refractivity contribution is 7.98. The standard InChI is InChI=1S/C10H14FNS/c1-12-6-5-8-3-4-9(13-2)7-10(8)11/h3-4,7,12H,5-6H2,1-2H3. The van der Waals surface area contributed by atoms with E-state index in [0.717, 1.165) is 23.4 Å². The Bertz CT molecular complexity index is 276. The molecule has 0 aliphatic carbocycles. The largest absolute Gasteiger partial charge is 0.319 e. The van der Waals surface area contributed by atoms with Crippen LogP contribution in [0.5, 0.6) is 0 Å². The molecule has 0 amide bonds. The summed E-state index contributed by atoms with van der Waals surface area (Å²) in [6.07, 6.45) is 2.69. The van der Waals surface area contributed by atoms with Gasteiger partial charge in [-0.2, -0.15) is 0 Å². The average molecular weight is 199 g/mol. The summed E-state index contributed by atoms with van der Waals surface area (Å²) in [7, 11) is 1.87. The maximum Gasteiger partial charge on any atom is 0.127 e. The molecule has 1 aromatic carbocycles. The van der Waals surface area contributed by atoms with Crippen LogP contribution in [0.3, 0.4) is 0 Å². The molecule has 1 N–H and O–H groups in total. The molecule has 0 aliphatic rings. The first-order chi connectivity index (χ1) is 6.27. The summed E-state index contributed by atoms with van der Waals surface area (Å²) in [5.41, 5.74) is 0.784. The third-order valence-electron chi connectivity index (χ3n) is 1.90. The van der Waals surface area contributed by atoms with Gasteiger partial charge in [0.15, 0.2) is 0 Å². The second-order valence-corrected chi connectivity index (χ2v) is 3.69. The Labute approximate surface area is 82.7 Å². The lowest BCUT2D eigenvalue weighted by molar-refractivity contribution is 0.601. The maximum atomic E-state index is 13.3. The minimum absolute atomic E-state index is 0.0953. The molecular formula is C10H14FNS. The van der Waals surface area contributed by atoms with Crippen LogP contribution >= 0.6 is 11.8 Å². The lowest BCUT2D eigenvalue weighted by atomic mass is 10.1. The van der Waals surface area contributed by atoms with Crippen LogP contribution in [0.15, 0.2) is 23.1 Å². The van der Waals surface area contributed by atoms with Crippen LogP contribution in [-0.2, 0) is 6.42 Å². The van der Waals surface area contributed by atoms with Crippen molar-refractivity contribution in [2.75, 3.05) is 19.8 Å². The van der Waals surface area contributed by atoms with Gasteiger partial charge in [-0.3, -0.25) is 0 Å². The summed E-state index contributed by atoms with van der Waals surface area (Å²) in [6.45, 7) is 0.815. The van der Waals surface area contributed by atoms with Crippen LogP contribution in [0.25, 0.3) is 0 Å². The van der Waals surface area contributed by atoms with E-state index in [9.17, 15) is 4.39 Å². The Morgan fingerprint density at radius 3 is 2.77 bits per heavy atom. The highest BCUT2D eigenvalue weighted by Gasteiger charge is 2.01. The SMILES string of the molecule is CNCCc1ccc(SC)cc1F. The number of likely N-dealkylation sites (N-methyl/N-ethyl adjacent to an activating group) is 1. The van der Waals surface area contributed by atoms with Crippen LogP contribution in [0.2, 0.25) is 0 Å². The van der Waals surface area contributed by atoms with Crippen molar-refractivity contribution in [3.05, 3.63) is 29.6 Å². The molecule has 72 valence electrons. The number of thioether (sulfide) groups is 1. The molecule has 1 rings (SSSR count). The second kappa shape index (κ2) is 5.25. The molecule has 0 unspecified atom stereocenters. The summed E-state index contributed by atoms with van der Waals surface area (Å²) < 4.78 is 13.3. The first kappa shape index (κ1) is 10.5. The van der Waals surface area contributed by atoms with E-state index in [1.807, 2.05) is 25.4 Å². The van der Waals surface area contributed by atoms with Crippen molar-refractivity contribution in [3.63, 3.8) is 0 Å². The van der Waals surface area contributed by atoms with Crippen molar-refractivity contribution in [1.29, 1.82) is 0 Å². The van der Waals surface area contributed by atoms with E-state index in [1.165, 1.54) is 0 Å². The molecule has 0 bridgehead atoms. The molecule has 1 nitrogen and oxygen atoms in total. The van der Waals surface area contributed by atoms with Crippen LogP contribution < -0.4 is 5.32 Å². The van der Waals surface area contributed by atoms with Gasteiger partial charge in [0.05, 0.1) is 0 Å².